The molecule has 0 saturated heterocycles. The van der Waals surface area contributed by atoms with Gasteiger partial charge in [0.1, 0.15) is 11.0 Å². The maximum atomic E-state index is 16.9. The van der Waals surface area contributed by atoms with Gasteiger partial charge < -0.3 is 4.74 Å². The summed E-state index contributed by atoms with van der Waals surface area (Å²) in [5.41, 5.74) is 6.48. The monoisotopic (exact) mass is 1020 g/mol. The molecule has 0 radical (unpaired) electrons. The smallest absolute Gasteiger partial charge is 0.308 e. The summed E-state index contributed by atoms with van der Waals surface area (Å²) in [6, 6.07) is 8.97. The number of fused-ring (bicyclic) bond motifs is 3. The van der Waals surface area contributed by atoms with E-state index < -0.39 is 11.6 Å². The fourth-order valence-corrected chi connectivity index (χ4v) is 15.3. The highest BCUT2D eigenvalue weighted by molar-refractivity contribution is 7.27. The summed E-state index contributed by atoms with van der Waals surface area (Å²) >= 11 is 7.95. The zero-order chi connectivity index (χ0) is 48.5. The molecule has 2 atom stereocenters. The van der Waals surface area contributed by atoms with Crippen molar-refractivity contribution in [2.24, 2.45) is 17.8 Å². The number of hydrogen-bond donors (Lipinski definition) is 0. The third-order valence-electron chi connectivity index (χ3n) is 14.3. The topological polar surface area (TPSA) is 52.1 Å². The molecule has 0 spiro atoms. The number of halogens is 2. The summed E-state index contributed by atoms with van der Waals surface area (Å²) in [5.74, 6) is -0.483. The Kier molecular flexibility index (Phi) is 19.3. The lowest BCUT2D eigenvalue weighted by atomic mass is 9.88. The zero-order valence-corrected chi connectivity index (χ0v) is 46.3. The molecule has 7 rings (SSSR count). The molecule has 0 amide bonds. The van der Waals surface area contributed by atoms with Gasteiger partial charge in [0.25, 0.3) is 0 Å². The van der Waals surface area contributed by atoms with Crippen molar-refractivity contribution in [2.75, 3.05) is 6.61 Å². The SMILES string of the molecule is CCCCC(C)CCc1c2cc(-c3sc(-c4c(F)c(F)c(-c5cc(CCCCCCOC(=O)C(C)CC)c(C)s5)c5nsnc45)cc3C)sc2c(CCC(CCCC)CCCC)c2cc(C)sc12. The second kappa shape index (κ2) is 24.8. The standard InChI is InChI=1S/C57H74F2N2O2S5/c1-10-14-21-34(5)25-27-41-44-33-47(67-56(44)42(43-31-37(8)64-55(41)43)28-26-39(22-15-11-2)23-16-12-3)54-36(7)30-45(66-54)48-50(58)51(59)49(53-52(48)60-68-61-53)46-32-40(38(9)65-46)24-19-17-18-20-29-63-57(62)35(6)13-4/h30-35,39H,10-29H2,1-9H3. The number of unbranched alkanes of at least 4 members (excludes halogenated alkanes) is 6. The second-order valence-corrected chi connectivity index (χ2v) is 24.8. The third-order valence-corrected chi connectivity index (χ3v) is 19.7. The first-order chi connectivity index (χ1) is 32.9. The Hall–Kier alpha value is -3.09. The van der Waals surface area contributed by atoms with Crippen LogP contribution in [0.25, 0.3) is 61.8 Å². The first-order valence-corrected chi connectivity index (χ1v) is 29.9. The molecule has 11 heteroatoms. The van der Waals surface area contributed by atoms with E-state index >= 15 is 8.78 Å². The van der Waals surface area contributed by atoms with Crippen LogP contribution in [0, 0.1) is 50.2 Å². The fraction of sp³-hybridized carbons (Fsp3) is 0.561. The van der Waals surface area contributed by atoms with Gasteiger partial charge in [-0.2, -0.15) is 8.75 Å². The molecule has 368 valence electrons. The number of rotatable bonds is 27. The second-order valence-electron chi connectivity index (χ2n) is 19.7. The molecule has 0 saturated carbocycles. The normalized spacial score (nSPS) is 13.0. The van der Waals surface area contributed by atoms with Gasteiger partial charge in [-0.05, 0) is 141 Å². The predicted molar refractivity (Wildman–Crippen MR) is 295 cm³/mol. The van der Waals surface area contributed by atoms with Gasteiger partial charge in [-0.25, -0.2) is 8.78 Å². The average molecular weight is 1020 g/mol. The van der Waals surface area contributed by atoms with Gasteiger partial charge in [-0.3, -0.25) is 4.79 Å². The molecule has 5 aromatic heterocycles. The van der Waals surface area contributed by atoms with Crippen LogP contribution in [0.2, 0.25) is 0 Å². The van der Waals surface area contributed by atoms with Gasteiger partial charge in [-0.15, -0.1) is 45.3 Å². The number of aromatic nitrogens is 2. The molecular weight excluding hydrogens is 943 g/mol. The minimum atomic E-state index is -0.858. The van der Waals surface area contributed by atoms with Crippen molar-refractivity contribution < 1.29 is 18.3 Å². The molecule has 0 aliphatic heterocycles. The van der Waals surface area contributed by atoms with Gasteiger partial charge in [0.05, 0.1) is 35.4 Å². The largest absolute Gasteiger partial charge is 0.465 e. The Morgan fingerprint density at radius 1 is 0.632 bits per heavy atom. The van der Waals surface area contributed by atoms with Crippen LogP contribution in [0.1, 0.15) is 176 Å². The van der Waals surface area contributed by atoms with Gasteiger partial charge in [0.2, 0.25) is 0 Å². The summed E-state index contributed by atoms with van der Waals surface area (Å²) in [4.78, 5) is 18.2. The van der Waals surface area contributed by atoms with Crippen LogP contribution in [0.3, 0.4) is 0 Å². The Morgan fingerprint density at radius 3 is 1.90 bits per heavy atom. The number of benzene rings is 2. The number of hydrogen-bond acceptors (Lipinski definition) is 9. The lowest BCUT2D eigenvalue weighted by Crippen LogP contribution is -2.14. The molecule has 7 aromatic rings. The van der Waals surface area contributed by atoms with E-state index in [1.807, 2.05) is 48.7 Å². The van der Waals surface area contributed by atoms with Crippen molar-refractivity contribution in [2.45, 2.75) is 184 Å². The van der Waals surface area contributed by atoms with E-state index in [2.05, 4.69) is 69.3 Å². The van der Waals surface area contributed by atoms with Crippen LogP contribution in [0.5, 0.6) is 0 Å². The van der Waals surface area contributed by atoms with Crippen molar-refractivity contribution in [3.63, 3.8) is 0 Å². The predicted octanol–water partition coefficient (Wildman–Crippen LogP) is 19.8. The van der Waals surface area contributed by atoms with E-state index in [0.29, 0.717) is 33.3 Å². The Morgan fingerprint density at radius 2 is 1.24 bits per heavy atom. The molecule has 2 aromatic carbocycles. The number of carbonyl (C=O) groups excluding carboxylic acids is 1. The van der Waals surface area contributed by atoms with E-state index in [9.17, 15) is 4.79 Å². The van der Waals surface area contributed by atoms with Crippen LogP contribution >= 0.6 is 57.1 Å². The number of ether oxygens (including phenoxy) is 1. The van der Waals surface area contributed by atoms with Crippen LogP contribution < -0.4 is 0 Å². The highest BCUT2D eigenvalue weighted by atomic mass is 32.1. The van der Waals surface area contributed by atoms with E-state index in [-0.39, 0.29) is 23.0 Å². The lowest BCUT2D eigenvalue weighted by Gasteiger charge is -2.18. The summed E-state index contributed by atoms with van der Waals surface area (Å²) in [6.07, 6.45) is 21.4. The number of thiophene rings is 4. The Bertz CT molecular complexity index is 2760. The molecule has 5 heterocycles. The van der Waals surface area contributed by atoms with Crippen LogP contribution in [-0.4, -0.2) is 21.3 Å². The number of aryl methyl sites for hydroxylation is 6. The number of nitrogens with zero attached hydrogens (tertiary/aromatic N) is 2. The van der Waals surface area contributed by atoms with Crippen molar-refractivity contribution >= 4 is 94.3 Å². The Balaban J connectivity index is 1.20. The quantitative estimate of drug-likeness (QED) is 0.0380. The zero-order valence-electron chi connectivity index (χ0n) is 42.2. The molecule has 0 fully saturated rings. The van der Waals surface area contributed by atoms with Gasteiger partial charge in [0.15, 0.2) is 11.6 Å². The first kappa shape index (κ1) is 52.7. The molecular formula is C57H74F2N2O2S5. The fourth-order valence-electron chi connectivity index (χ4n) is 9.90. The number of carbonyl (C=O) groups is 1. The average Bonchev–Trinajstić information content (AvgIpc) is 4.19. The van der Waals surface area contributed by atoms with Crippen molar-refractivity contribution in [3.05, 3.63) is 67.9 Å². The molecule has 4 nitrogen and oxygen atoms in total. The molecule has 2 unspecified atom stereocenters. The van der Waals surface area contributed by atoms with Crippen LogP contribution in [0.4, 0.5) is 8.78 Å². The maximum Gasteiger partial charge on any atom is 0.308 e. The first-order valence-electron chi connectivity index (χ1n) is 25.9. The molecule has 0 N–H and O–H groups in total. The minimum Gasteiger partial charge on any atom is -0.465 e. The summed E-state index contributed by atoms with van der Waals surface area (Å²) < 4.78 is 51.2. The van der Waals surface area contributed by atoms with Gasteiger partial charge in [0, 0.05) is 38.7 Å². The molecule has 0 aliphatic carbocycles. The van der Waals surface area contributed by atoms with Gasteiger partial charge >= 0.3 is 5.97 Å². The summed E-state index contributed by atoms with van der Waals surface area (Å²) in [6.45, 7) is 20.1. The van der Waals surface area contributed by atoms with Crippen molar-refractivity contribution in [3.8, 4) is 30.6 Å². The summed E-state index contributed by atoms with van der Waals surface area (Å²) in [7, 11) is 0. The van der Waals surface area contributed by atoms with Crippen molar-refractivity contribution in [1.29, 1.82) is 0 Å². The Labute approximate surface area is 425 Å². The molecule has 0 bridgehead atoms. The maximum absolute atomic E-state index is 16.9. The lowest BCUT2D eigenvalue weighted by molar-refractivity contribution is -0.148. The van der Waals surface area contributed by atoms with E-state index in [0.717, 1.165) is 89.9 Å². The van der Waals surface area contributed by atoms with E-state index in [4.69, 9.17) is 4.74 Å². The van der Waals surface area contributed by atoms with Gasteiger partial charge in [-0.1, -0.05) is 112 Å². The number of esters is 1. The van der Waals surface area contributed by atoms with E-state index in [1.54, 1.807) is 11.3 Å². The molecule has 0 aliphatic rings. The van der Waals surface area contributed by atoms with Crippen LogP contribution in [-0.2, 0) is 28.8 Å². The minimum absolute atomic E-state index is 0.0607. The highest BCUT2D eigenvalue weighted by Crippen LogP contribution is 2.50. The summed E-state index contributed by atoms with van der Waals surface area (Å²) in [5, 5.41) is 2.85. The highest BCUT2D eigenvalue weighted by Gasteiger charge is 2.29. The van der Waals surface area contributed by atoms with Crippen LogP contribution in [0.15, 0.2) is 24.3 Å². The van der Waals surface area contributed by atoms with Crippen molar-refractivity contribution in [1.82, 2.24) is 8.75 Å². The molecule has 68 heavy (non-hydrogen) atoms. The third kappa shape index (κ3) is 12.1. The van der Waals surface area contributed by atoms with E-state index in [1.165, 1.54) is 123 Å².